The van der Waals surface area contributed by atoms with E-state index in [9.17, 15) is 5.11 Å². The van der Waals surface area contributed by atoms with E-state index < -0.39 is 5.60 Å². The molecular formula is C17H26N4O. The van der Waals surface area contributed by atoms with Crippen molar-refractivity contribution in [1.29, 1.82) is 0 Å². The Morgan fingerprint density at radius 2 is 2.05 bits per heavy atom. The van der Waals surface area contributed by atoms with Crippen molar-refractivity contribution in [3.8, 4) is 0 Å². The van der Waals surface area contributed by atoms with Crippen LogP contribution in [0.5, 0.6) is 0 Å². The molecule has 0 bridgehead atoms. The van der Waals surface area contributed by atoms with Gasteiger partial charge in [0.25, 0.3) is 0 Å². The van der Waals surface area contributed by atoms with E-state index in [0.29, 0.717) is 5.92 Å². The molecule has 2 aromatic heterocycles. The lowest BCUT2D eigenvalue weighted by Crippen LogP contribution is -2.27. The zero-order chi connectivity index (χ0) is 15.7. The highest BCUT2D eigenvalue weighted by atomic mass is 16.3. The van der Waals surface area contributed by atoms with Crippen LogP contribution in [0, 0.1) is 6.92 Å². The maximum atomic E-state index is 10.5. The summed E-state index contributed by atoms with van der Waals surface area (Å²) < 4.78 is 1.86. The first kappa shape index (κ1) is 15.3. The molecule has 0 unspecified atom stereocenters. The van der Waals surface area contributed by atoms with Crippen molar-refractivity contribution >= 4 is 11.5 Å². The SMILES string of the molecule is Cc1cc2nc(C(C)C)cc(NCCC3(O)CCCC3)n2n1. The molecule has 120 valence electrons. The second-order valence-corrected chi connectivity index (χ2v) is 6.88. The van der Waals surface area contributed by atoms with Crippen LogP contribution in [0.2, 0.25) is 0 Å². The lowest BCUT2D eigenvalue weighted by Gasteiger charge is -2.22. The molecule has 5 nitrogen and oxygen atoms in total. The van der Waals surface area contributed by atoms with E-state index in [1.807, 2.05) is 17.5 Å². The number of hydrogen-bond donors (Lipinski definition) is 2. The van der Waals surface area contributed by atoms with E-state index >= 15 is 0 Å². The van der Waals surface area contributed by atoms with E-state index in [-0.39, 0.29) is 0 Å². The number of fused-ring (bicyclic) bond motifs is 1. The van der Waals surface area contributed by atoms with Gasteiger partial charge >= 0.3 is 0 Å². The van der Waals surface area contributed by atoms with Crippen molar-refractivity contribution in [2.45, 2.75) is 64.4 Å². The number of aryl methyl sites for hydroxylation is 1. The van der Waals surface area contributed by atoms with Crippen LogP contribution in [0.3, 0.4) is 0 Å². The summed E-state index contributed by atoms with van der Waals surface area (Å²) in [6.07, 6.45) is 4.93. The average molecular weight is 302 g/mol. The molecule has 0 spiro atoms. The van der Waals surface area contributed by atoms with Gasteiger partial charge in [-0.3, -0.25) is 0 Å². The first-order chi connectivity index (χ1) is 10.5. The zero-order valence-electron chi connectivity index (χ0n) is 13.8. The van der Waals surface area contributed by atoms with Gasteiger partial charge in [0.15, 0.2) is 5.65 Å². The molecule has 0 radical (unpaired) electrons. The fourth-order valence-electron chi connectivity index (χ4n) is 3.24. The van der Waals surface area contributed by atoms with Gasteiger partial charge in [0.2, 0.25) is 0 Å². The average Bonchev–Trinajstić information content (AvgIpc) is 3.04. The number of nitrogens with one attached hydrogen (secondary N) is 1. The lowest BCUT2D eigenvalue weighted by molar-refractivity contribution is 0.0424. The normalized spacial score (nSPS) is 17.5. The Balaban J connectivity index is 1.79. The quantitative estimate of drug-likeness (QED) is 0.890. The molecule has 1 fully saturated rings. The van der Waals surface area contributed by atoms with Crippen LogP contribution in [-0.4, -0.2) is 31.9 Å². The first-order valence-corrected chi connectivity index (χ1v) is 8.30. The van der Waals surface area contributed by atoms with Crippen molar-refractivity contribution in [1.82, 2.24) is 14.6 Å². The standard InChI is InChI=1S/C17H26N4O/c1-12(2)14-11-15(21-16(19-14)10-13(3)20-21)18-9-8-17(22)6-4-5-7-17/h10-12,18,22H,4-9H2,1-3H3. The molecule has 0 amide bonds. The first-order valence-electron chi connectivity index (χ1n) is 8.30. The van der Waals surface area contributed by atoms with Gasteiger partial charge in [0.1, 0.15) is 5.82 Å². The van der Waals surface area contributed by atoms with Crippen LogP contribution in [0.25, 0.3) is 5.65 Å². The van der Waals surface area contributed by atoms with Gasteiger partial charge in [0, 0.05) is 24.4 Å². The number of aromatic nitrogens is 3. The monoisotopic (exact) mass is 302 g/mol. The summed E-state index contributed by atoms with van der Waals surface area (Å²) >= 11 is 0. The molecule has 2 aromatic rings. The van der Waals surface area contributed by atoms with Crippen LogP contribution in [0.15, 0.2) is 12.1 Å². The summed E-state index contributed by atoms with van der Waals surface area (Å²) in [5, 5.41) is 18.4. The minimum atomic E-state index is -0.472. The van der Waals surface area contributed by atoms with Gasteiger partial charge in [-0.15, -0.1) is 0 Å². The smallest absolute Gasteiger partial charge is 0.157 e. The minimum absolute atomic E-state index is 0.375. The third kappa shape index (κ3) is 3.09. The second kappa shape index (κ2) is 5.88. The molecule has 22 heavy (non-hydrogen) atoms. The van der Waals surface area contributed by atoms with Crippen LogP contribution in [0.1, 0.15) is 63.3 Å². The van der Waals surface area contributed by atoms with Crippen molar-refractivity contribution in [3.63, 3.8) is 0 Å². The molecule has 0 aromatic carbocycles. The highest BCUT2D eigenvalue weighted by Crippen LogP contribution is 2.32. The Bertz CT molecular complexity index is 656. The lowest BCUT2D eigenvalue weighted by atomic mass is 9.98. The molecule has 1 saturated carbocycles. The van der Waals surface area contributed by atoms with Crippen molar-refractivity contribution in [2.24, 2.45) is 0 Å². The summed E-state index contributed by atoms with van der Waals surface area (Å²) in [6, 6.07) is 4.07. The number of hydrogen-bond acceptors (Lipinski definition) is 4. The highest BCUT2D eigenvalue weighted by Gasteiger charge is 2.30. The molecular weight excluding hydrogens is 276 g/mol. The summed E-state index contributed by atoms with van der Waals surface area (Å²) in [4.78, 5) is 4.67. The van der Waals surface area contributed by atoms with Crippen LogP contribution >= 0.6 is 0 Å². The van der Waals surface area contributed by atoms with Crippen molar-refractivity contribution in [3.05, 3.63) is 23.5 Å². The summed E-state index contributed by atoms with van der Waals surface area (Å²) in [5.74, 6) is 1.34. The Morgan fingerprint density at radius 1 is 1.32 bits per heavy atom. The minimum Gasteiger partial charge on any atom is -0.390 e. The van der Waals surface area contributed by atoms with Gasteiger partial charge in [-0.05, 0) is 32.1 Å². The Labute approximate surface area is 131 Å². The number of rotatable bonds is 5. The molecule has 0 atom stereocenters. The third-order valence-corrected chi connectivity index (χ3v) is 4.59. The van der Waals surface area contributed by atoms with Crippen LogP contribution < -0.4 is 5.32 Å². The maximum Gasteiger partial charge on any atom is 0.157 e. The Hall–Kier alpha value is -1.62. The van der Waals surface area contributed by atoms with Crippen molar-refractivity contribution in [2.75, 3.05) is 11.9 Å². The topological polar surface area (TPSA) is 62.5 Å². The molecule has 3 rings (SSSR count). The highest BCUT2D eigenvalue weighted by molar-refractivity contribution is 5.50. The van der Waals surface area contributed by atoms with Gasteiger partial charge in [-0.25, -0.2) is 4.98 Å². The Morgan fingerprint density at radius 3 is 2.73 bits per heavy atom. The molecule has 1 aliphatic rings. The van der Waals surface area contributed by atoms with E-state index in [1.54, 1.807) is 0 Å². The molecule has 5 heteroatoms. The van der Waals surface area contributed by atoms with E-state index in [1.165, 1.54) is 0 Å². The predicted octanol–water partition coefficient (Wildman–Crippen LogP) is 3.27. The third-order valence-electron chi connectivity index (χ3n) is 4.59. The molecule has 1 aliphatic carbocycles. The largest absolute Gasteiger partial charge is 0.390 e. The van der Waals surface area contributed by atoms with E-state index in [0.717, 1.165) is 61.5 Å². The van der Waals surface area contributed by atoms with Crippen molar-refractivity contribution < 1.29 is 5.11 Å². The molecule has 0 saturated heterocycles. The fourth-order valence-corrected chi connectivity index (χ4v) is 3.24. The zero-order valence-corrected chi connectivity index (χ0v) is 13.8. The van der Waals surface area contributed by atoms with Gasteiger partial charge < -0.3 is 10.4 Å². The fraction of sp³-hybridized carbons (Fsp3) is 0.647. The van der Waals surface area contributed by atoms with Gasteiger partial charge in [-0.2, -0.15) is 9.61 Å². The summed E-state index contributed by atoms with van der Waals surface area (Å²) in [6.45, 7) is 7.03. The number of aliphatic hydroxyl groups is 1. The summed E-state index contributed by atoms with van der Waals surface area (Å²) in [7, 11) is 0. The number of nitrogens with zero attached hydrogens (tertiary/aromatic N) is 3. The van der Waals surface area contributed by atoms with Crippen LogP contribution in [-0.2, 0) is 0 Å². The Kier molecular flexibility index (Phi) is 4.08. The van der Waals surface area contributed by atoms with E-state index in [2.05, 4.69) is 35.3 Å². The second-order valence-electron chi connectivity index (χ2n) is 6.88. The molecule has 2 N–H and O–H groups in total. The predicted molar refractivity (Wildman–Crippen MR) is 88.3 cm³/mol. The van der Waals surface area contributed by atoms with Gasteiger partial charge in [0.05, 0.1) is 11.3 Å². The summed E-state index contributed by atoms with van der Waals surface area (Å²) in [5.41, 5.74) is 2.44. The van der Waals surface area contributed by atoms with Crippen LogP contribution in [0.4, 0.5) is 5.82 Å². The van der Waals surface area contributed by atoms with E-state index in [4.69, 9.17) is 0 Å². The maximum absolute atomic E-state index is 10.5. The van der Waals surface area contributed by atoms with Gasteiger partial charge in [-0.1, -0.05) is 26.7 Å². The molecule has 0 aliphatic heterocycles. The molecule has 2 heterocycles. The number of anilines is 1.